The Hall–Kier alpha value is -2.28. The van der Waals surface area contributed by atoms with Crippen LogP contribution >= 0.6 is 11.8 Å². The molecule has 0 aliphatic heterocycles. The van der Waals surface area contributed by atoms with E-state index >= 15 is 0 Å². The average molecular weight is 305 g/mol. The van der Waals surface area contributed by atoms with Crippen LogP contribution in [0.25, 0.3) is 5.69 Å². The van der Waals surface area contributed by atoms with Crippen molar-refractivity contribution >= 4 is 17.7 Å². The molecule has 110 valence electrons. The smallest absolute Gasteiger partial charge is 0.265 e. The molecule has 0 aliphatic rings. The van der Waals surface area contributed by atoms with E-state index in [1.165, 1.54) is 11.5 Å². The normalized spacial score (nSPS) is 10.6. The predicted molar refractivity (Wildman–Crippen MR) is 80.9 cm³/mol. The lowest BCUT2D eigenvalue weighted by Gasteiger charge is -2.13. The van der Waals surface area contributed by atoms with Gasteiger partial charge in [0.1, 0.15) is 0 Å². The van der Waals surface area contributed by atoms with E-state index in [9.17, 15) is 14.7 Å². The number of thioether (sulfide) groups is 1. The van der Waals surface area contributed by atoms with Gasteiger partial charge in [0.15, 0.2) is 5.16 Å². The fourth-order valence-corrected chi connectivity index (χ4v) is 2.47. The molecule has 0 atom stereocenters. The highest BCUT2D eigenvalue weighted by Gasteiger charge is 2.15. The lowest BCUT2D eigenvalue weighted by atomic mass is 10.2. The summed E-state index contributed by atoms with van der Waals surface area (Å²) < 4.78 is 1.36. The molecule has 0 aliphatic carbocycles. The zero-order valence-electron chi connectivity index (χ0n) is 11.7. The molecule has 2 rings (SSSR count). The first-order chi connectivity index (χ1) is 9.90. The van der Waals surface area contributed by atoms with E-state index in [0.717, 1.165) is 17.3 Å². The van der Waals surface area contributed by atoms with Crippen molar-refractivity contribution < 1.29 is 9.90 Å². The highest BCUT2D eigenvalue weighted by molar-refractivity contribution is 7.99. The second-order valence-electron chi connectivity index (χ2n) is 4.57. The van der Waals surface area contributed by atoms with Crippen molar-refractivity contribution in [1.82, 2.24) is 9.55 Å². The molecule has 0 saturated carbocycles. The van der Waals surface area contributed by atoms with Gasteiger partial charge in [0.2, 0.25) is 11.8 Å². The first-order valence-electron chi connectivity index (χ1n) is 6.21. The van der Waals surface area contributed by atoms with Gasteiger partial charge in [-0.25, -0.2) is 0 Å². The van der Waals surface area contributed by atoms with E-state index < -0.39 is 5.91 Å². The zero-order chi connectivity index (χ0) is 15.6. The van der Waals surface area contributed by atoms with E-state index in [2.05, 4.69) is 4.98 Å². The molecule has 0 spiro atoms. The largest absolute Gasteiger partial charge is 0.493 e. The number of nitrogens with two attached hydrogens (primary N) is 1. The van der Waals surface area contributed by atoms with Crippen LogP contribution in [0.5, 0.6) is 5.88 Å². The topological polar surface area (TPSA) is 98.2 Å². The molecule has 1 amide bonds. The van der Waals surface area contributed by atoms with Crippen molar-refractivity contribution in [3.05, 3.63) is 45.7 Å². The number of aromatic nitrogens is 2. The quantitative estimate of drug-likeness (QED) is 0.652. The van der Waals surface area contributed by atoms with Gasteiger partial charge in [-0.15, -0.1) is 0 Å². The molecule has 21 heavy (non-hydrogen) atoms. The molecule has 0 fully saturated rings. The number of nitrogens with zero attached hydrogens (tertiary/aromatic N) is 2. The molecule has 1 heterocycles. The first kappa shape index (κ1) is 15.1. The minimum absolute atomic E-state index is 0.0270. The molecule has 1 aromatic heterocycles. The van der Waals surface area contributed by atoms with Gasteiger partial charge in [-0.05, 0) is 26.0 Å². The number of benzene rings is 1. The van der Waals surface area contributed by atoms with E-state index in [4.69, 9.17) is 5.73 Å². The van der Waals surface area contributed by atoms with E-state index in [1.54, 1.807) is 12.1 Å². The Bertz CT molecular complexity index is 738. The standard InChI is InChI=1S/C14H15N3O3S/c1-8-3-5-10(6-4-8)17-13(20)9(2)12(19)16-14(17)21-7-11(15)18/h3-6,19H,7H2,1-2H3,(H2,15,18). The van der Waals surface area contributed by atoms with Gasteiger partial charge in [0.25, 0.3) is 5.56 Å². The highest BCUT2D eigenvalue weighted by atomic mass is 32.2. The summed E-state index contributed by atoms with van der Waals surface area (Å²) in [6.07, 6.45) is 0. The Kier molecular flexibility index (Phi) is 4.32. The number of carbonyl (C=O) groups excluding carboxylic acids is 1. The molecule has 3 N–H and O–H groups in total. The third-order valence-electron chi connectivity index (χ3n) is 2.89. The number of hydrogen-bond acceptors (Lipinski definition) is 5. The summed E-state index contributed by atoms with van der Waals surface area (Å²) in [7, 11) is 0. The molecular formula is C14H15N3O3S. The third kappa shape index (κ3) is 3.25. The molecule has 0 unspecified atom stereocenters. The average Bonchev–Trinajstić information content (AvgIpc) is 2.44. The van der Waals surface area contributed by atoms with Gasteiger partial charge in [-0.1, -0.05) is 29.5 Å². The fraction of sp³-hybridized carbons (Fsp3) is 0.214. The van der Waals surface area contributed by atoms with Gasteiger partial charge in [-0.2, -0.15) is 4.98 Å². The summed E-state index contributed by atoms with van der Waals surface area (Å²) in [4.78, 5) is 27.3. The lowest BCUT2D eigenvalue weighted by molar-refractivity contribution is -0.115. The predicted octanol–water partition coefficient (Wildman–Crippen LogP) is 1.13. The van der Waals surface area contributed by atoms with E-state index in [0.29, 0.717) is 5.69 Å². The second-order valence-corrected chi connectivity index (χ2v) is 5.52. The lowest BCUT2D eigenvalue weighted by Crippen LogP contribution is -2.24. The number of carbonyl (C=O) groups is 1. The maximum atomic E-state index is 12.4. The molecule has 7 heteroatoms. The minimum atomic E-state index is -0.523. The van der Waals surface area contributed by atoms with Crippen molar-refractivity contribution in [3.8, 4) is 11.6 Å². The number of aromatic hydroxyl groups is 1. The summed E-state index contributed by atoms with van der Waals surface area (Å²) >= 11 is 1.01. The number of aryl methyl sites for hydroxylation is 1. The maximum Gasteiger partial charge on any atom is 0.265 e. The molecule has 2 aromatic rings. The Balaban J connectivity index is 2.61. The highest BCUT2D eigenvalue weighted by Crippen LogP contribution is 2.22. The Morgan fingerprint density at radius 3 is 2.52 bits per heavy atom. The Labute approximate surface area is 125 Å². The van der Waals surface area contributed by atoms with Crippen molar-refractivity contribution in [3.63, 3.8) is 0 Å². The van der Waals surface area contributed by atoms with Crippen LogP contribution in [0.15, 0.2) is 34.2 Å². The van der Waals surface area contributed by atoms with Crippen LogP contribution in [0, 0.1) is 13.8 Å². The number of hydrogen-bond donors (Lipinski definition) is 2. The van der Waals surface area contributed by atoms with E-state index in [1.807, 2.05) is 19.1 Å². The SMILES string of the molecule is Cc1ccc(-n2c(SCC(N)=O)nc(O)c(C)c2=O)cc1. The van der Waals surface area contributed by atoms with Crippen LogP contribution in [-0.2, 0) is 4.79 Å². The van der Waals surface area contributed by atoms with Crippen molar-refractivity contribution in [2.75, 3.05) is 5.75 Å². The van der Waals surface area contributed by atoms with Gasteiger partial charge < -0.3 is 10.8 Å². The summed E-state index contributed by atoms with van der Waals surface area (Å²) in [5.41, 5.74) is 6.57. The Morgan fingerprint density at radius 1 is 1.33 bits per heavy atom. The van der Waals surface area contributed by atoms with Crippen molar-refractivity contribution in [2.45, 2.75) is 19.0 Å². The minimum Gasteiger partial charge on any atom is -0.493 e. The van der Waals surface area contributed by atoms with Crippen LogP contribution in [0.4, 0.5) is 0 Å². The molecule has 1 aromatic carbocycles. The maximum absolute atomic E-state index is 12.4. The molecule has 6 nitrogen and oxygen atoms in total. The summed E-state index contributed by atoms with van der Waals surface area (Å²) in [5.74, 6) is -0.888. The van der Waals surface area contributed by atoms with Crippen LogP contribution in [-0.4, -0.2) is 26.3 Å². The van der Waals surface area contributed by atoms with E-state index in [-0.39, 0.29) is 27.9 Å². The fourth-order valence-electron chi connectivity index (χ4n) is 1.73. The van der Waals surface area contributed by atoms with Crippen LogP contribution in [0.2, 0.25) is 0 Å². The molecule has 0 bridgehead atoms. The van der Waals surface area contributed by atoms with Gasteiger partial charge in [0, 0.05) is 0 Å². The number of amides is 1. The molecule has 0 radical (unpaired) electrons. The second kappa shape index (κ2) is 6.01. The molecular weight excluding hydrogens is 290 g/mol. The van der Waals surface area contributed by atoms with Crippen molar-refractivity contribution in [2.24, 2.45) is 5.73 Å². The molecule has 0 saturated heterocycles. The summed E-state index contributed by atoms with van der Waals surface area (Å²) in [6, 6.07) is 7.30. The summed E-state index contributed by atoms with van der Waals surface area (Å²) in [5, 5.41) is 9.94. The van der Waals surface area contributed by atoms with Crippen LogP contribution in [0.1, 0.15) is 11.1 Å². The number of primary amides is 1. The summed E-state index contributed by atoms with van der Waals surface area (Å²) in [6.45, 7) is 3.44. The monoisotopic (exact) mass is 305 g/mol. The van der Waals surface area contributed by atoms with Crippen molar-refractivity contribution in [1.29, 1.82) is 0 Å². The van der Waals surface area contributed by atoms with Crippen LogP contribution in [0.3, 0.4) is 0 Å². The van der Waals surface area contributed by atoms with Gasteiger partial charge >= 0.3 is 0 Å². The van der Waals surface area contributed by atoms with Gasteiger partial charge in [0.05, 0.1) is 17.0 Å². The number of rotatable bonds is 4. The van der Waals surface area contributed by atoms with Gasteiger partial charge in [-0.3, -0.25) is 14.2 Å². The third-order valence-corrected chi connectivity index (χ3v) is 3.85. The first-order valence-corrected chi connectivity index (χ1v) is 7.19. The zero-order valence-corrected chi connectivity index (χ0v) is 12.5. The Morgan fingerprint density at radius 2 is 1.95 bits per heavy atom. The van der Waals surface area contributed by atoms with Crippen LogP contribution < -0.4 is 11.3 Å².